The predicted octanol–water partition coefficient (Wildman–Crippen LogP) is 4.56. The van der Waals surface area contributed by atoms with E-state index in [9.17, 15) is 9.90 Å². The van der Waals surface area contributed by atoms with Crippen molar-refractivity contribution in [2.24, 2.45) is 0 Å². The molecule has 3 rings (SSSR count). The van der Waals surface area contributed by atoms with Gasteiger partial charge in [0.05, 0.1) is 22.3 Å². The van der Waals surface area contributed by atoms with Crippen molar-refractivity contribution in [2.75, 3.05) is 0 Å². The Balaban J connectivity index is 2.48. The van der Waals surface area contributed by atoms with Crippen LogP contribution < -0.4 is 0 Å². The molecule has 3 aromatic rings. The molecule has 0 saturated heterocycles. The van der Waals surface area contributed by atoms with Crippen molar-refractivity contribution < 1.29 is 9.90 Å². The molecule has 0 amide bonds. The number of hydrogen-bond donors (Lipinski definition) is 1. The normalized spacial score (nSPS) is 11.0. The van der Waals surface area contributed by atoms with Gasteiger partial charge in [0, 0.05) is 8.95 Å². The highest BCUT2D eigenvalue weighted by atomic mass is 79.9. The van der Waals surface area contributed by atoms with Crippen LogP contribution in [-0.4, -0.2) is 20.6 Å². The number of halogens is 2. The van der Waals surface area contributed by atoms with Crippen molar-refractivity contribution in [1.82, 2.24) is 9.55 Å². The Hall–Kier alpha value is -1.66. The highest BCUT2D eigenvalue weighted by Gasteiger charge is 2.19. The number of aryl methyl sites for hydroxylation is 1. The third-order valence-corrected chi connectivity index (χ3v) is 4.52. The molecule has 6 heteroatoms. The van der Waals surface area contributed by atoms with E-state index < -0.39 is 5.97 Å². The number of hydrogen-bond acceptors (Lipinski definition) is 2. The molecular weight excluding hydrogens is 400 g/mol. The van der Waals surface area contributed by atoms with Gasteiger partial charge in [-0.05, 0) is 63.0 Å². The molecule has 0 fully saturated rings. The van der Waals surface area contributed by atoms with Gasteiger partial charge in [-0.15, -0.1) is 0 Å². The minimum Gasteiger partial charge on any atom is -0.478 e. The van der Waals surface area contributed by atoms with Crippen LogP contribution in [0.3, 0.4) is 0 Å². The van der Waals surface area contributed by atoms with Crippen LogP contribution in [0.15, 0.2) is 45.3 Å². The van der Waals surface area contributed by atoms with E-state index in [0.717, 1.165) is 20.5 Å². The van der Waals surface area contributed by atoms with E-state index in [4.69, 9.17) is 0 Å². The Morgan fingerprint density at radius 2 is 1.76 bits per heavy atom. The Bertz CT molecular complexity index is 851. The van der Waals surface area contributed by atoms with Gasteiger partial charge in [-0.2, -0.15) is 0 Å². The number of aromatic carboxylic acids is 1. The lowest BCUT2D eigenvalue weighted by Gasteiger charge is -2.12. The maximum absolute atomic E-state index is 11.5. The summed E-state index contributed by atoms with van der Waals surface area (Å²) < 4.78 is 3.58. The quantitative estimate of drug-likeness (QED) is 0.675. The second-order valence-electron chi connectivity index (χ2n) is 4.54. The van der Waals surface area contributed by atoms with Crippen LogP contribution in [0.5, 0.6) is 0 Å². The third kappa shape index (κ3) is 2.28. The molecule has 0 saturated carbocycles. The fourth-order valence-electron chi connectivity index (χ4n) is 2.39. The summed E-state index contributed by atoms with van der Waals surface area (Å²) in [5.41, 5.74) is 2.33. The lowest BCUT2D eigenvalue weighted by atomic mass is 10.1. The Morgan fingerprint density at radius 3 is 2.38 bits per heavy atom. The number of imidazole rings is 1. The fourth-order valence-corrected chi connectivity index (χ4v) is 3.74. The van der Waals surface area contributed by atoms with Gasteiger partial charge in [0.15, 0.2) is 0 Å². The van der Waals surface area contributed by atoms with Gasteiger partial charge in [-0.1, -0.05) is 12.1 Å². The van der Waals surface area contributed by atoms with Crippen molar-refractivity contribution in [3.05, 3.63) is 56.7 Å². The zero-order chi connectivity index (χ0) is 15.1. The van der Waals surface area contributed by atoms with E-state index in [-0.39, 0.29) is 5.56 Å². The summed E-state index contributed by atoms with van der Waals surface area (Å²) in [5.74, 6) is -0.240. The number of para-hydroxylation sites is 2. The maximum Gasteiger partial charge on any atom is 0.337 e. The molecule has 0 bridgehead atoms. The molecular formula is C15H10Br2N2O2. The van der Waals surface area contributed by atoms with Crippen molar-refractivity contribution in [2.45, 2.75) is 6.92 Å². The van der Waals surface area contributed by atoms with Crippen LogP contribution in [0, 0.1) is 6.92 Å². The first-order valence-electron chi connectivity index (χ1n) is 6.16. The Morgan fingerprint density at radius 1 is 1.14 bits per heavy atom. The molecule has 21 heavy (non-hydrogen) atoms. The van der Waals surface area contributed by atoms with Crippen LogP contribution in [0.25, 0.3) is 16.7 Å². The number of benzene rings is 2. The van der Waals surface area contributed by atoms with E-state index >= 15 is 0 Å². The SMILES string of the molecule is Cc1nc2cccc(C(=O)O)c2n1-c1c(Br)cccc1Br. The molecule has 1 heterocycles. The standard InChI is InChI=1S/C15H10Br2N2O2/c1-8-18-12-7-2-4-9(15(20)21)13(12)19(8)14-10(16)5-3-6-11(14)17/h2-7H,1H3,(H,20,21). The Kier molecular flexibility index (Phi) is 3.59. The van der Waals surface area contributed by atoms with Crippen LogP contribution >= 0.6 is 31.9 Å². The molecule has 0 aliphatic carbocycles. The molecule has 106 valence electrons. The molecule has 0 unspecified atom stereocenters. The zero-order valence-electron chi connectivity index (χ0n) is 11.0. The number of nitrogens with zero attached hydrogens (tertiary/aromatic N) is 2. The van der Waals surface area contributed by atoms with Gasteiger partial charge < -0.3 is 5.11 Å². The number of carboxylic acid groups (broad SMARTS) is 1. The van der Waals surface area contributed by atoms with Crippen molar-refractivity contribution in [3.63, 3.8) is 0 Å². The van der Waals surface area contributed by atoms with Crippen molar-refractivity contribution in [1.29, 1.82) is 0 Å². The number of carbonyl (C=O) groups is 1. The minimum absolute atomic E-state index is 0.232. The molecule has 1 aromatic heterocycles. The van der Waals surface area contributed by atoms with E-state index in [1.807, 2.05) is 35.8 Å². The molecule has 1 N–H and O–H groups in total. The monoisotopic (exact) mass is 408 g/mol. The Labute approximate surface area is 137 Å². The van der Waals surface area contributed by atoms with Crippen LogP contribution in [0.4, 0.5) is 0 Å². The summed E-state index contributed by atoms with van der Waals surface area (Å²) in [6.07, 6.45) is 0. The van der Waals surface area contributed by atoms with Gasteiger partial charge in [0.1, 0.15) is 5.82 Å². The van der Waals surface area contributed by atoms with Gasteiger partial charge >= 0.3 is 5.97 Å². The van der Waals surface area contributed by atoms with Crippen LogP contribution in [0.1, 0.15) is 16.2 Å². The first-order valence-corrected chi connectivity index (χ1v) is 7.75. The first-order chi connectivity index (χ1) is 10.0. The highest BCUT2D eigenvalue weighted by Crippen LogP contribution is 2.33. The summed E-state index contributed by atoms with van der Waals surface area (Å²) in [5, 5.41) is 9.44. The van der Waals surface area contributed by atoms with Gasteiger partial charge in [0.2, 0.25) is 0 Å². The fraction of sp³-hybridized carbons (Fsp3) is 0.0667. The molecule has 4 nitrogen and oxygen atoms in total. The second-order valence-corrected chi connectivity index (χ2v) is 6.25. The van der Waals surface area contributed by atoms with E-state index in [2.05, 4.69) is 36.8 Å². The average Bonchev–Trinajstić information content (AvgIpc) is 2.75. The molecule has 0 spiro atoms. The van der Waals surface area contributed by atoms with E-state index in [1.54, 1.807) is 12.1 Å². The smallest absolute Gasteiger partial charge is 0.337 e. The highest BCUT2D eigenvalue weighted by molar-refractivity contribution is 9.11. The lowest BCUT2D eigenvalue weighted by molar-refractivity contribution is 0.0698. The van der Waals surface area contributed by atoms with Gasteiger partial charge in [-0.3, -0.25) is 4.57 Å². The zero-order valence-corrected chi connectivity index (χ0v) is 14.1. The van der Waals surface area contributed by atoms with E-state index in [1.165, 1.54) is 0 Å². The lowest BCUT2D eigenvalue weighted by Crippen LogP contribution is -2.04. The third-order valence-electron chi connectivity index (χ3n) is 3.24. The van der Waals surface area contributed by atoms with Crippen molar-refractivity contribution in [3.8, 4) is 5.69 Å². The average molecular weight is 410 g/mol. The number of carboxylic acids is 1. The molecule has 0 atom stereocenters. The molecule has 0 radical (unpaired) electrons. The van der Waals surface area contributed by atoms with Crippen molar-refractivity contribution >= 4 is 48.9 Å². The largest absolute Gasteiger partial charge is 0.478 e. The predicted molar refractivity (Wildman–Crippen MR) is 88.2 cm³/mol. The number of fused-ring (bicyclic) bond motifs is 1. The molecule has 0 aliphatic rings. The second kappa shape index (κ2) is 5.27. The topological polar surface area (TPSA) is 55.1 Å². The summed E-state index contributed by atoms with van der Waals surface area (Å²) in [4.78, 5) is 16.0. The number of aromatic nitrogens is 2. The van der Waals surface area contributed by atoms with E-state index in [0.29, 0.717) is 11.0 Å². The summed E-state index contributed by atoms with van der Waals surface area (Å²) >= 11 is 7.05. The molecule has 2 aromatic carbocycles. The first kappa shape index (κ1) is 14.3. The minimum atomic E-state index is -0.968. The summed E-state index contributed by atoms with van der Waals surface area (Å²) in [7, 11) is 0. The maximum atomic E-state index is 11.5. The van der Waals surface area contributed by atoms with Gasteiger partial charge in [-0.25, -0.2) is 9.78 Å². The van der Waals surface area contributed by atoms with Crippen LogP contribution in [0.2, 0.25) is 0 Å². The summed E-state index contributed by atoms with van der Waals surface area (Å²) in [6.45, 7) is 1.86. The summed E-state index contributed by atoms with van der Waals surface area (Å²) in [6, 6.07) is 10.8. The molecule has 0 aliphatic heterocycles. The van der Waals surface area contributed by atoms with Crippen LogP contribution in [-0.2, 0) is 0 Å². The number of rotatable bonds is 2. The van der Waals surface area contributed by atoms with Gasteiger partial charge in [0.25, 0.3) is 0 Å².